The number of benzene rings is 1. The lowest BCUT2D eigenvalue weighted by atomic mass is 9.96. The highest BCUT2D eigenvalue weighted by molar-refractivity contribution is 7.90. The maximum atomic E-state index is 12.3. The third-order valence-electron chi connectivity index (χ3n) is 3.40. The number of hydrogen-bond donors (Lipinski definition) is 1. The highest BCUT2D eigenvalue weighted by Crippen LogP contribution is 2.22. The van der Waals surface area contributed by atoms with Gasteiger partial charge in [-0.25, -0.2) is 13.1 Å². The van der Waals surface area contributed by atoms with Crippen molar-refractivity contribution in [3.63, 3.8) is 0 Å². The molecule has 1 amide bonds. The Hall–Kier alpha value is -2.41. The Labute approximate surface area is 135 Å². The van der Waals surface area contributed by atoms with Gasteiger partial charge in [-0.2, -0.15) is 0 Å². The molecule has 1 N–H and O–H groups in total. The molecule has 2 rings (SSSR count). The van der Waals surface area contributed by atoms with Crippen LogP contribution in [0.2, 0.25) is 0 Å². The van der Waals surface area contributed by atoms with E-state index < -0.39 is 15.9 Å². The molecule has 1 atom stereocenters. The molecule has 1 aromatic carbocycles. The molecule has 23 heavy (non-hydrogen) atoms. The van der Waals surface area contributed by atoms with Crippen LogP contribution in [0, 0.1) is 13.8 Å². The Morgan fingerprint density at radius 2 is 2.00 bits per heavy atom. The number of carbonyl (C=O) groups excluding carboxylic acids is 1. The second kappa shape index (κ2) is 6.78. The molecule has 6 nitrogen and oxygen atoms in total. The van der Waals surface area contributed by atoms with E-state index in [-0.39, 0.29) is 28.7 Å². The fourth-order valence-electron chi connectivity index (χ4n) is 2.34. The van der Waals surface area contributed by atoms with Crippen molar-refractivity contribution in [1.82, 2.24) is 9.88 Å². The number of aryl methyl sites for hydroxylation is 2. The number of sulfonamides is 1. The van der Waals surface area contributed by atoms with Crippen LogP contribution < -0.4 is 4.72 Å². The summed E-state index contributed by atoms with van der Waals surface area (Å²) in [6.07, 6.45) is 1.60. The molecule has 0 fully saturated rings. The van der Waals surface area contributed by atoms with Gasteiger partial charge in [-0.3, -0.25) is 4.79 Å². The summed E-state index contributed by atoms with van der Waals surface area (Å²) in [6.45, 7) is 6.70. The molecule has 122 valence electrons. The normalized spacial score (nSPS) is 12.6. The maximum Gasteiger partial charge on any atom is 0.269 e. The third-order valence-corrected chi connectivity index (χ3v) is 5.02. The Balaban J connectivity index is 2.14. The molecule has 0 spiro atoms. The molecule has 0 unspecified atom stereocenters. The van der Waals surface area contributed by atoms with Crippen LogP contribution in [-0.4, -0.2) is 19.5 Å². The van der Waals surface area contributed by atoms with Crippen LogP contribution in [0.15, 0.2) is 52.4 Å². The number of amides is 1. The lowest BCUT2D eigenvalue weighted by molar-refractivity contribution is -0.119. The number of rotatable bonds is 6. The summed E-state index contributed by atoms with van der Waals surface area (Å²) in [7, 11) is -4.00. The van der Waals surface area contributed by atoms with Crippen molar-refractivity contribution in [2.24, 2.45) is 0 Å². The molecule has 0 aliphatic heterocycles. The number of carbonyl (C=O) groups is 1. The van der Waals surface area contributed by atoms with Crippen LogP contribution in [0.25, 0.3) is 0 Å². The third kappa shape index (κ3) is 3.87. The van der Waals surface area contributed by atoms with Crippen molar-refractivity contribution in [2.45, 2.75) is 31.1 Å². The minimum atomic E-state index is -4.00. The van der Waals surface area contributed by atoms with Crippen molar-refractivity contribution in [3.05, 3.63) is 60.0 Å². The Morgan fingerprint density at radius 1 is 1.35 bits per heavy atom. The van der Waals surface area contributed by atoms with E-state index in [9.17, 15) is 13.2 Å². The predicted molar refractivity (Wildman–Crippen MR) is 85.3 cm³/mol. The molecular formula is C16H18N2O4S. The molecule has 0 saturated carbocycles. The van der Waals surface area contributed by atoms with E-state index in [1.54, 1.807) is 6.08 Å². The van der Waals surface area contributed by atoms with Gasteiger partial charge in [0.05, 0.1) is 0 Å². The summed E-state index contributed by atoms with van der Waals surface area (Å²) in [4.78, 5) is 12.0. The van der Waals surface area contributed by atoms with Crippen LogP contribution >= 0.6 is 0 Å². The zero-order chi connectivity index (χ0) is 17.0. The van der Waals surface area contributed by atoms with Gasteiger partial charge in [-0.15, -0.1) is 6.58 Å². The van der Waals surface area contributed by atoms with Crippen LogP contribution in [0.5, 0.6) is 0 Å². The molecule has 0 aliphatic rings. The van der Waals surface area contributed by atoms with Crippen LogP contribution in [0.3, 0.4) is 0 Å². The fourth-order valence-corrected chi connectivity index (χ4v) is 3.67. The largest absolute Gasteiger partial charge is 0.360 e. The van der Waals surface area contributed by atoms with Crippen LogP contribution in [-0.2, 0) is 14.8 Å². The Bertz CT molecular complexity index is 790. The number of nitrogens with zero attached hydrogens (tertiary/aromatic N) is 1. The van der Waals surface area contributed by atoms with E-state index in [2.05, 4.69) is 16.5 Å². The summed E-state index contributed by atoms with van der Waals surface area (Å²) in [6, 6.07) is 9.30. The standard InChI is InChI=1S/C16H18N2O4S/c1-4-13(14-8-6-5-7-9-14)10-15(19)18-23(20,21)16-11(2)17-22-12(16)3/h4-9,13H,1,10H2,2-3H3,(H,18,19)/t13-/m0/s1. The highest BCUT2D eigenvalue weighted by Gasteiger charge is 2.26. The van der Waals surface area contributed by atoms with Gasteiger partial charge in [0.25, 0.3) is 10.0 Å². The van der Waals surface area contributed by atoms with Crippen molar-refractivity contribution in [1.29, 1.82) is 0 Å². The van der Waals surface area contributed by atoms with Gasteiger partial charge in [0.2, 0.25) is 5.91 Å². The number of aromatic nitrogens is 1. The summed E-state index contributed by atoms with van der Waals surface area (Å²) in [5.74, 6) is -0.735. The molecule has 0 saturated heterocycles. The minimum Gasteiger partial charge on any atom is -0.360 e. The molecule has 7 heteroatoms. The lowest BCUT2D eigenvalue weighted by Crippen LogP contribution is -2.32. The first-order valence-corrected chi connectivity index (χ1v) is 8.49. The van der Waals surface area contributed by atoms with E-state index in [1.165, 1.54) is 13.8 Å². The molecular weight excluding hydrogens is 316 g/mol. The van der Waals surface area contributed by atoms with Gasteiger partial charge in [-0.1, -0.05) is 41.6 Å². The number of allylic oxidation sites excluding steroid dienone is 1. The van der Waals surface area contributed by atoms with Crippen LogP contribution in [0.4, 0.5) is 0 Å². The van der Waals surface area contributed by atoms with E-state index in [0.717, 1.165) is 5.56 Å². The highest BCUT2D eigenvalue weighted by atomic mass is 32.2. The topological polar surface area (TPSA) is 89.3 Å². The smallest absolute Gasteiger partial charge is 0.269 e. The summed E-state index contributed by atoms with van der Waals surface area (Å²) < 4.78 is 31.5. The fraction of sp³-hybridized carbons (Fsp3) is 0.250. The van der Waals surface area contributed by atoms with Crippen LogP contribution in [0.1, 0.15) is 29.4 Å². The summed E-state index contributed by atoms with van der Waals surface area (Å²) >= 11 is 0. The average molecular weight is 334 g/mol. The molecule has 2 aromatic rings. The van der Waals surface area contributed by atoms with E-state index >= 15 is 0 Å². The van der Waals surface area contributed by atoms with E-state index in [0.29, 0.717) is 0 Å². The van der Waals surface area contributed by atoms with Gasteiger partial charge in [0.15, 0.2) is 10.7 Å². The first kappa shape index (κ1) is 17.0. The molecule has 1 heterocycles. The monoisotopic (exact) mass is 334 g/mol. The van der Waals surface area contributed by atoms with Gasteiger partial charge >= 0.3 is 0 Å². The predicted octanol–water partition coefficient (Wildman–Crippen LogP) is 2.46. The second-order valence-electron chi connectivity index (χ2n) is 5.14. The van der Waals surface area contributed by atoms with Gasteiger partial charge in [0, 0.05) is 12.3 Å². The molecule has 0 bridgehead atoms. The van der Waals surface area contributed by atoms with Crippen molar-refractivity contribution in [2.75, 3.05) is 0 Å². The lowest BCUT2D eigenvalue weighted by Gasteiger charge is -2.13. The van der Waals surface area contributed by atoms with Crippen molar-refractivity contribution in [3.8, 4) is 0 Å². The zero-order valence-electron chi connectivity index (χ0n) is 12.9. The molecule has 0 radical (unpaired) electrons. The first-order chi connectivity index (χ1) is 10.8. The minimum absolute atomic E-state index is 0.0177. The SMILES string of the molecule is C=C[C@@H](CC(=O)NS(=O)(=O)c1c(C)noc1C)c1ccccc1. The number of nitrogens with one attached hydrogen (secondary N) is 1. The van der Waals surface area contributed by atoms with Crippen molar-refractivity contribution >= 4 is 15.9 Å². The maximum absolute atomic E-state index is 12.3. The quantitative estimate of drug-likeness (QED) is 0.820. The second-order valence-corrected chi connectivity index (χ2v) is 6.76. The number of hydrogen-bond acceptors (Lipinski definition) is 5. The Morgan fingerprint density at radius 3 is 2.52 bits per heavy atom. The van der Waals surface area contributed by atoms with Crippen molar-refractivity contribution < 1.29 is 17.7 Å². The van der Waals surface area contributed by atoms with Gasteiger partial charge < -0.3 is 4.52 Å². The van der Waals surface area contributed by atoms with E-state index in [1.807, 2.05) is 30.3 Å². The van der Waals surface area contributed by atoms with E-state index in [4.69, 9.17) is 4.52 Å². The zero-order valence-corrected chi connectivity index (χ0v) is 13.8. The first-order valence-electron chi connectivity index (χ1n) is 7.01. The van der Waals surface area contributed by atoms with Gasteiger partial charge in [0.1, 0.15) is 5.69 Å². The Kier molecular flexibility index (Phi) is 5.00. The molecule has 1 aromatic heterocycles. The summed E-state index contributed by atoms with van der Waals surface area (Å²) in [5.41, 5.74) is 1.11. The summed E-state index contributed by atoms with van der Waals surface area (Å²) in [5, 5.41) is 3.59. The van der Waals surface area contributed by atoms with Gasteiger partial charge in [-0.05, 0) is 19.4 Å². The average Bonchev–Trinajstić information content (AvgIpc) is 2.85. The molecule has 0 aliphatic carbocycles.